The van der Waals surface area contributed by atoms with Crippen LogP contribution in [-0.2, 0) is 0 Å². The Balaban J connectivity index is 2.04. The van der Waals surface area contributed by atoms with Crippen molar-refractivity contribution < 1.29 is 0 Å². The van der Waals surface area contributed by atoms with Crippen LogP contribution < -0.4 is 5.73 Å². The molecular formula is C14H9Cl2N3S. The minimum atomic E-state index is 0.486. The van der Waals surface area contributed by atoms with E-state index >= 15 is 0 Å². The summed E-state index contributed by atoms with van der Waals surface area (Å²) in [5.41, 5.74) is 8.99. The lowest BCUT2D eigenvalue weighted by molar-refractivity contribution is 1.29. The van der Waals surface area contributed by atoms with Gasteiger partial charge in [-0.05, 0) is 12.1 Å². The number of nitrogens with zero attached hydrogens (tertiary/aromatic N) is 2. The van der Waals surface area contributed by atoms with Crippen molar-refractivity contribution in [1.29, 1.82) is 0 Å². The Kier molecular flexibility index (Phi) is 3.61. The van der Waals surface area contributed by atoms with E-state index < -0.39 is 0 Å². The molecule has 0 radical (unpaired) electrons. The third kappa shape index (κ3) is 2.50. The average molecular weight is 322 g/mol. The normalized spacial score (nSPS) is 10.7. The van der Waals surface area contributed by atoms with Gasteiger partial charge in [0.1, 0.15) is 10.7 Å². The summed E-state index contributed by atoms with van der Waals surface area (Å²) in [6.07, 6.45) is 1.56. The molecule has 0 atom stereocenters. The molecule has 0 amide bonds. The predicted molar refractivity (Wildman–Crippen MR) is 85.2 cm³/mol. The van der Waals surface area contributed by atoms with E-state index in [4.69, 9.17) is 28.9 Å². The number of hydrogen-bond donors (Lipinski definition) is 1. The van der Waals surface area contributed by atoms with Crippen molar-refractivity contribution in [3.63, 3.8) is 0 Å². The molecule has 3 rings (SSSR count). The van der Waals surface area contributed by atoms with E-state index in [-0.39, 0.29) is 0 Å². The summed E-state index contributed by atoms with van der Waals surface area (Å²) < 4.78 is 0. The van der Waals surface area contributed by atoms with Gasteiger partial charge in [-0.1, -0.05) is 41.4 Å². The molecule has 0 aliphatic heterocycles. The molecule has 6 heteroatoms. The van der Waals surface area contributed by atoms with E-state index in [0.717, 1.165) is 16.3 Å². The van der Waals surface area contributed by atoms with E-state index in [9.17, 15) is 0 Å². The molecular weight excluding hydrogens is 313 g/mol. The molecule has 2 heterocycles. The summed E-state index contributed by atoms with van der Waals surface area (Å²) in [5.74, 6) is 0. The van der Waals surface area contributed by atoms with Gasteiger partial charge in [0.2, 0.25) is 0 Å². The fourth-order valence-corrected chi connectivity index (χ4v) is 3.16. The van der Waals surface area contributed by atoms with Crippen LogP contribution in [0.1, 0.15) is 0 Å². The van der Waals surface area contributed by atoms with Crippen LogP contribution in [-0.4, -0.2) is 9.97 Å². The van der Waals surface area contributed by atoms with Gasteiger partial charge in [-0.15, -0.1) is 11.3 Å². The number of aromatic nitrogens is 2. The molecule has 3 aromatic rings. The fourth-order valence-electron chi connectivity index (χ4n) is 1.81. The second kappa shape index (κ2) is 5.40. The number of benzene rings is 1. The molecule has 1 aromatic carbocycles. The minimum absolute atomic E-state index is 0.486. The number of hydrogen-bond acceptors (Lipinski definition) is 4. The van der Waals surface area contributed by atoms with Gasteiger partial charge >= 0.3 is 0 Å². The van der Waals surface area contributed by atoms with Gasteiger partial charge in [-0.3, -0.25) is 4.98 Å². The van der Waals surface area contributed by atoms with E-state index in [2.05, 4.69) is 9.97 Å². The molecule has 0 spiro atoms. The first-order valence-electron chi connectivity index (χ1n) is 5.77. The number of thiazole rings is 1. The van der Waals surface area contributed by atoms with Crippen LogP contribution in [0.5, 0.6) is 0 Å². The molecule has 2 N–H and O–H groups in total. The molecule has 0 unspecified atom stereocenters. The molecule has 0 aliphatic carbocycles. The Bertz CT molecular complexity index is 771. The van der Waals surface area contributed by atoms with Crippen molar-refractivity contribution in [2.75, 3.05) is 5.73 Å². The Morgan fingerprint density at radius 3 is 2.70 bits per heavy atom. The van der Waals surface area contributed by atoms with Crippen LogP contribution in [0.3, 0.4) is 0 Å². The first-order valence-corrected chi connectivity index (χ1v) is 7.40. The van der Waals surface area contributed by atoms with Crippen molar-refractivity contribution in [1.82, 2.24) is 9.97 Å². The number of rotatable bonds is 2. The molecule has 20 heavy (non-hydrogen) atoms. The highest BCUT2D eigenvalue weighted by molar-refractivity contribution is 7.13. The number of pyridine rings is 1. The number of para-hydroxylation sites is 1. The number of anilines is 1. The highest BCUT2D eigenvalue weighted by Gasteiger charge is 2.12. The fraction of sp³-hybridized carbons (Fsp3) is 0. The molecule has 2 aromatic heterocycles. The van der Waals surface area contributed by atoms with Crippen LogP contribution in [0.4, 0.5) is 5.69 Å². The van der Waals surface area contributed by atoms with E-state index in [0.29, 0.717) is 21.4 Å². The standard InChI is InChI=1S/C14H9Cl2N3S/c15-8-5-10(16)13(18-6-8)14-19-12(7-20-14)9-3-1-2-4-11(9)17/h1-7H,17H2. The molecule has 0 bridgehead atoms. The zero-order valence-corrected chi connectivity index (χ0v) is 12.5. The van der Waals surface area contributed by atoms with Gasteiger partial charge in [0.05, 0.1) is 15.7 Å². The van der Waals surface area contributed by atoms with Crippen LogP contribution >= 0.6 is 34.5 Å². The first kappa shape index (κ1) is 13.4. The zero-order valence-electron chi connectivity index (χ0n) is 10.2. The Morgan fingerprint density at radius 1 is 1.15 bits per heavy atom. The largest absolute Gasteiger partial charge is 0.398 e. The average Bonchev–Trinajstić information content (AvgIpc) is 2.88. The smallest absolute Gasteiger partial charge is 0.144 e. The van der Waals surface area contributed by atoms with Crippen molar-refractivity contribution in [2.45, 2.75) is 0 Å². The van der Waals surface area contributed by atoms with Crippen LogP contribution in [0.25, 0.3) is 22.0 Å². The predicted octanol–water partition coefficient (Wildman–Crippen LogP) is 4.76. The van der Waals surface area contributed by atoms with E-state index in [1.54, 1.807) is 12.3 Å². The highest BCUT2D eigenvalue weighted by Crippen LogP contribution is 2.34. The maximum absolute atomic E-state index is 6.15. The third-order valence-corrected chi connectivity index (χ3v) is 4.10. The lowest BCUT2D eigenvalue weighted by Gasteiger charge is -2.01. The van der Waals surface area contributed by atoms with Gasteiger partial charge in [-0.25, -0.2) is 4.98 Å². The third-order valence-electron chi connectivity index (χ3n) is 2.75. The number of nitrogens with two attached hydrogens (primary N) is 1. The van der Waals surface area contributed by atoms with Gasteiger partial charge < -0.3 is 5.73 Å². The maximum atomic E-state index is 6.15. The van der Waals surface area contributed by atoms with Crippen LogP contribution in [0, 0.1) is 0 Å². The first-order chi connectivity index (χ1) is 9.65. The van der Waals surface area contributed by atoms with Crippen molar-refractivity contribution in [3.8, 4) is 22.0 Å². The molecule has 3 nitrogen and oxygen atoms in total. The summed E-state index contributed by atoms with van der Waals surface area (Å²) in [5, 5.41) is 3.67. The Labute approximate surface area is 130 Å². The highest BCUT2D eigenvalue weighted by atomic mass is 35.5. The Hall–Kier alpha value is -1.62. The summed E-state index contributed by atoms with van der Waals surface area (Å²) >= 11 is 13.5. The van der Waals surface area contributed by atoms with E-state index in [1.165, 1.54) is 11.3 Å². The quantitative estimate of drug-likeness (QED) is 0.692. The van der Waals surface area contributed by atoms with Gasteiger partial charge in [0, 0.05) is 22.8 Å². The lowest BCUT2D eigenvalue weighted by Crippen LogP contribution is -1.90. The lowest BCUT2D eigenvalue weighted by atomic mass is 10.1. The molecule has 0 saturated heterocycles. The number of nitrogen functional groups attached to an aromatic ring is 1. The molecule has 100 valence electrons. The zero-order chi connectivity index (χ0) is 14.1. The Morgan fingerprint density at radius 2 is 1.95 bits per heavy atom. The van der Waals surface area contributed by atoms with Crippen LogP contribution in [0.15, 0.2) is 41.9 Å². The monoisotopic (exact) mass is 321 g/mol. The SMILES string of the molecule is Nc1ccccc1-c1csc(-c2ncc(Cl)cc2Cl)n1. The summed E-state index contributed by atoms with van der Waals surface area (Å²) in [6, 6.07) is 9.26. The van der Waals surface area contributed by atoms with E-state index in [1.807, 2.05) is 29.6 Å². The molecule has 0 saturated carbocycles. The topological polar surface area (TPSA) is 51.8 Å². The van der Waals surface area contributed by atoms with Gasteiger partial charge in [-0.2, -0.15) is 0 Å². The number of halogens is 2. The second-order valence-corrected chi connectivity index (χ2v) is 5.81. The van der Waals surface area contributed by atoms with Gasteiger partial charge in [0.25, 0.3) is 0 Å². The van der Waals surface area contributed by atoms with Crippen molar-refractivity contribution >= 4 is 40.2 Å². The molecule has 0 aliphatic rings. The summed E-state index contributed by atoms with van der Waals surface area (Å²) in [4.78, 5) is 8.78. The minimum Gasteiger partial charge on any atom is -0.398 e. The maximum Gasteiger partial charge on any atom is 0.144 e. The second-order valence-electron chi connectivity index (χ2n) is 4.11. The van der Waals surface area contributed by atoms with Gasteiger partial charge in [0.15, 0.2) is 0 Å². The molecule has 0 fully saturated rings. The summed E-state index contributed by atoms with van der Waals surface area (Å²) in [7, 11) is 0. The van der Waals surface area contributed by atoms with Crippen molar-refractivity contribution in [2.24, 2.45) is 0 Å². The summed E-state index contributed by atoms with van der Waals surface area (Å²) in [6.45, 7) is 0. The van der Waals surface area contributed by atoms with Crippen LogP contribution in [0.2, 0.25) is 10.0 Å². The van der Waals surface area contributed by atoms with Crippen molar-refractivity contribution in [3.05, 3.63) is 52.0 Å².